The van der Waals surface area contributed by atoms with E-state index in [-0.39, 0.29) is 16.9 Å². The first-order chi connectivity index (χ1) is 12.6. The van der Waals surface area contributed by atoms with Gasteiger partial charge in [-0.2, -0.15) is 0 Å². The number of aromatic nitrogens is 1. The van der Waals surface area contributed by atoms with Crippen LogP contribution in [0.5, 0.6) is 0 Å². The Bertz CT molecular complexity index is 928. The molecule has 2 aliphatic rings. The highest BCUT2D eigenvalue weighted by Crippen LogP contribution is 2.29. The lowest BCUT2D eigenvalue weighted by Gasteiger charge is -2.22. The molecule has 2 aromatic rings. The van der Waals surface area contributed by atoms with Crippen LogP contribution in [0.25, 0.3) is 17.0 Å². The summed E-state index contributed by atoms with van der Waals surface area (Å²) in [5.41, 5.74) is 0.798. The lowest BCUT2D eigenvalue weighted by atomic mass is 9.95. The third-order valence-electron chi connectivity index (χ3n) is 4.54. The summed E-state index contributed by atoms with van der Waals surface area (Å²) >= 11 is 0.819. The van der Waals surface area contributed by atoms with E-state index in [1.54, 1.807) is 12.3 Å². The Kier molecular flexibility index (Phi) is 4.50. The molecule has 0 bridgehead atoms. The minimum atomic E-state index is -0.450. The fraction of sp³-hybridized carbons (Fsp3) is 0.333. The Morgan fingerprint density at radius 2 is 2.08 bits per heavy atom. The van der Waals surface area contributed by atoms with Gasteiger partial charge in [0.1, 0.15) is 11.3 Å². The number of carbonyl (C=O) groups excluding carboxylic acids is 3. The summed E-state index contributed by atoms with van der Waals surface area (Å²) in [7, 11) is 0. The number of carbonyl (C=O) groups is 3. The largest absolute Gasteiger partial charge is 0.456 e. The third kappa shape index (κ3) is 3.37. The van der Waals surface area contributed by atoms with Crippen LogP contribution in [0, 0.1) is 0 Å². The number of hydrogen-bond acceptors (Lipinski definition) is 6. The summed E-state index contributed by atoms with van der Waals surface area (Å²) in [6.45, 7) is 0. The van der Waals surface area contributed by atoms with Gasteiger partial charge in [-0.1, -0.05) is 19.3 Å². The Labute approximate surface area is 153 Å². The molecule has 4 rings (SSSR count). The molecule has 1 aliphatic carbocycles. The third-order valence-corrected chi connectivity index (χ3v) is 5.35. The fourth-order valence-corrected chi connectivity index (χ4v) is 3.94. The molecular formula is C18H17N3O4S. The first-order valence-corrected chi connectivity index (χ1v) is 9.35. The number of imide groups is 1. The minimum Gasteiger partial charge on any atom is -0.456 e. The van der Waals surface area contributed by atoms with Crippen molar-refractivity contribution in [3.05, 3.63) is 34.7 Å². The van der Waals surface area contributed by atoms with Gasteiger partial charge in [0.2, 0.25) is 0 Å². The Hall–Kier alpha value is -2.61. The van der Waals surface area contributed by atoms with E-state index in [0.717, 1.165) is 37.4 Å². The van der Waals surface area contributed by atoms with Crippen LogP contribution >= 0.6 is 11.8 Å². The van der Waals surface area contributed by atoms with E-state index < -0.39 is 11.1 Å². The molecule has 0 radical (unpaired) electrons. The van der Waals surface area contributed by atoms with Crippen molar-refractivity contribution in [3.63, 3.8) is 0 Å². The molecular weight excluding hydrogens is 354 g/mol. The first-order valence-electron chi connectivity index (χ1n) is 8.53. The van der Waals surface area contributed by atoms with Crippen molar-refractivity contribution in [1.82, 2.24) is 15.6 Å². The molecule has 1 aliphatic heterocycles. The summed E-state index contributed by atoms with van der Waals surface area (Å²) < 4.78 is 5.77. The van der Waals surface area contributed by atoms with E-state index in [1.165, 1.54) is 18.7 Å². The zero-order valence-corrected chi connectivity index (χ0v) is 14.7. The number of nitrogens with one attached hydrogen (secondary N) is 2. The molecule has 2 N–H and O–H groups in total. The van der Waals surface area contributed by atoms with Crippen LogP contribution in [-0.2, 0) is 4.79 Å². The summed E-state index contributed by atoms with van der Waals surface area (Å²) in [6, 6.07) is 1.89. The molecule has 134 valence electrons. The maximum atomic E-state index is 12.6. The summed E-state index contributed by atoms with van der Waals surface area (Å²) in [5.74, 6) is -0.257. The maximum Gasteiger partial charge on any atom is 0.290 e. The van der Waals surface area contributed by atoms with Gasteiger partial charge in [0.15, 0.2) is 5.58 Å². The highest BCUT2D eigenvalue weighted by atomic mass is 32.2. The van der Waals surface area contributed by atoms with Crippen molar-refractivity contribution in [3.8, 4) is 0 Å². The lowest BCUT2D eigenvalue weighted by Crippen LogP contribution is -2.36. The smallest absolute Gasteiger partial charge is 0.290 e. The van der Waals surface area contributed by atoms with E-state index in [9.17, 15) is 14.4 Å². The van der Waals surface area contributed by atoms with Crippen molar-refractivity contribution >= 4 is 45.9 Å². The molecule has 1 saturated carbocycles. The van der Waals surface area contributed by atoms with Gasteiger partial charge in [-0.25, -0.2) is 0 Å². The maximum absolute atomic E-state index is 12.6. The number of amides is 3. The minimum absolute atomic E-state index is 0.188. The van der Waals surface area contributed by atoms with E-state index in [4.69, 9.17) is 4.42 Å². The van der Waals surface area contributed by atoms with Crippen LogP contribution in [-0.4, -0.2) is 28.1 Å². The zero-order valence-electron chi connectivity index (χ0n) is 13.9. The van der Waals surface area contributed by atoms with Crippen molar-refractivity contribution < 1.29 is 18.8 Å². The fourth-order valence-electron chi connectivity index (χ4n) is 3.28. The number of hydrogen-bond donors (Lipinski definition) is 2. The van der Waals surface area contributed by atoms with Crippen LogP contribution in [0.3, 0.4) is 0 Å². The van der Waals surface area contributed by atoms with E-state index in [0.29, 0.717) is 22.3 Å². The molecule has 0 unspecified atom stereocenters. The molecule has 3 amide bonds. The summed E-state index contributed by atoms with van der Waals surface area (Å²) in [6.07, 6.45) is 10.0. The zero-order chi connectivity index (χ0) is 18.1. The molecule has 0 atom stereocenters. The molecule has 0 aromatic carbocycles. The molecule has 1 saturated heterocycles. The van der Waals surface area contributed by atoms with Gasteiger partial charge in [-0.3, -0.25) is 24.7 Å². The molecule has 2 fully saturated rings. The monoisotopic (exact) mass is 371 g/mol. The highest BCUT2D eigenvalue weighted by Gasteiger charge is 2.26. The summed E-state index contributed by atoms with van der Waals surface area (Å²) in [4.78, 5) is 39.9. The molecule has 7 nitrogen and oxygen atoms in total. The number of pyridine rings is 1. The van der Waals surface area contributed by atoms with E-state index in [2.05, 4.69) is 15.6 Å². The van der Waals surface area contributed by atoms with Gasteiger partial charge in [-0.15, -0.1) is 0 Å². The quantitative estimate of drug-likeness (QED) is 0.804. The molecule has 0 spiro atoms. The number of fused-ring (bicyclic) bond motifs is 1. The van der Waals surface area contributed by atoms with Gasteiger partial charge in [-0.05, 0) is 30.7 Å². The van der Waals surface area contributed by atoms with Gasteiger partial charge < -0.3 is 9.73 Å². The first kappa shape index (κ1) is 16.8. The molecule has 26 heavy (non-hydrogen) atoms. The Balaban J connectivity index is 1.61. The Morgan fingerprint density at radius 3 is 2.81 bits per heavy atom. The van der Waals surface area contributed by atoms with E-state index >= 15 is 0 Å². The average molecular weight is 371 g/mol. The van der Waals surface area contributed by atoms with Gasteiger partial charge >= 0.3 is 0 Å². The lowest BCUT2D eigenvalue weighted by molar-refractivity contribution is -0.115. The van der Waals surface area contributed by atoms with Crippen LogP contribution in [0.15, 0.2) is 27.8 Å². The number of rotatable bonds is 3. The van der Waals surface area contributed by atoms with Gasteiger partial charge in [0.05, 0.1) is 4.91 Å². The highest BCUT2D eigenvalue weighted by molar-refractivity contribution is 8.18. The SMILES string of the molecule is O=C1NC(=O)C(=Cc2cc3cncc(C(=O)NC4CCCCC4)c3o2)S1. The van der Waals surface area contributed by atoms with Gasteiger partial charge in [0, 0.05) is 29.9 Å². The van der Waals surface area contributed by atoms with Crippen LogP contribution in [0.4, 0.5) is 4.79 Å². The average Bonchev–Trinajstić information content (AvgIpc) is 3.17. The molecule has 2 aromatic heterocycles. The number of furan rings is 1. The van der Waals surface area contributed by atoms with E-state index in [1.807, 2.05) is 0 Å². The van der Waals surface area contributed by atoms with Crippen LogP contribution < -0.4 is 10.6 Å². The second-order valence-corrected chi connectivity index (χ2v) is 7.43. The predicted molar refractivity (Wildman–Crippen MR) is 97.5 cm³/mol. The second kappa shape index (κ2) is 6.95. The predicted octanol–water partition coefficient (Wildman–Crippen LogP) is 3.21. The standard InChI is InChI=1S/C18H17N3O4S/c22-16(20-11-4-2-1-3-5-11)13-9-19-8-10-6-12(25-15(10)13)7-14-17(23)21-18(24)26-14/h6-9,11H,1-5H2,(H,20,22)(H,21,23,24). The van der Waals surface area contributed by atoms with Crippen molar-refractivity contribution in [1.29, 1.82) is 0 Å². The molecule has 3 heterocycles. The number of nitrogens with zero attached hydrogens (tertiary/aromatic N) is 1. The van der Waals surface area contributed by atoms with Crippen molar-refractivity contribution in [2.75, 3.05) is 0 Å². The second-order valence-electron chi connectivity index (χ2n) is 6.41. The van der Waals surface area contributed by atoms with Crippen molar-refractivity contribution in [2.45, 2.75) is 38.1 Å². The van der Waals surface area contributed by atoms with Crippen molar-refractivity contribution in [2.24, 2.45) is 0 Å². The van der Waals surface area contributed by atoms with Crippen LogP contribution in [0.1, 0.15) is 48.2 Å². The normalized spacial score (nSPS) is 19.9. The van der Waals surface area contributed by atoms with Gasteiger partial charge in [0.25, 0.3) is 17.1 Å². The molecule has 8 heteroatoms. The summed E-state index contributed by atoms with van der Waals surface area (Å²) in [5, 5.41) is 5.51. The van der Waals surface area contributed by atoms with Crippen LogP contribution in [0.2, 0.25) is 0 Å². The topological polar surface area (TPSA) is 101 Å². The number of thioether (sulfide) groups is 1. The Morgan fingerprint density at radius 1 is 1.27 bits per heavy atom.